The van der Waals surface area contributed by atoms with E-state index in [1.54, 1.807) is 6.20 Å². The Labute approximate surface area is 140 Å². The van der Waals surface area contributed by atoms with Crippen molar-refractivity contribution < 1.29 is 4.79 Å². The molecule has 1 aliphatic rings. The van der Waals surface area contributed by atoms with Gasteiger partial charge in [-0.15, -0.1) is 0 Å². The number of likely N-dealkylation sites (tertiary alicyclic amines) is 1. The van der Waals surface area contributed by atoms with Crippen LogP contribution in [-0.4, -0.2) is 37.1 Å². The van der Waals surface area contributed by atoms with Crippen molar-refractivity contribution in [3.05, 3.63) is 48.0 Å². The van der Waals surface area contributed by atoms with Gasteiger partial charge in [0.1, 0.15) is 5.82 Å². The molecule has 2 aromatic heterocycles. The van der Waals surface area contributed by atoms with Crippen molar-refractivity contribution in [1.82, 2.24) is 24.6 Å². The summed E-state index contributed by atoms with van der Waals surface area (Å²) in [5.74, 6) is 0.906. The lowest BCUT2D eigenvalue weighted by Crippen LogP contribution is -2.30. The monoisotopic (exact) mass is 323 g/mol. The van der Waals surface area contributed by atoms with E-state index in [1.165, 1.54) is 0 Å². The third kappa shape index (κ3) is 2.48. The molecule has 1 unspecified atom stereocenters. The average Bonchev–Trinajstić information content (AvgIpc) is 3.30. The highest BCUT2D eigenvalue weighted by atomic mass is 16.2. The number of para-hydroxylation sites is 2. The lowest BCUT2D eigenvalue weighted by molar-refractivity contribution is 0.0730. The second kappa shape index (κ2) is 5.78. The van der Waals surface area contributed by atoms with Crippen molar-refractivity contribution in [2.75, 3.05) is 6.54 Å². The van der Waals surface area contributed by atoms with E-state index in [9.17, 15) is 4.79 Å². The molecular weight excluding hydrogens is 302 g/mol. The Morgan fingerprint density at radius 1 is 1.33 bits per heavy atom. The predicted octanol–water partition coefficient (Wildman–Crippen LogP) is 3.32. The Bertz CT molecular complexity index is 845. The first-order chi connectivity index (χ1) is 11.6. The van der Waals surface area contributed by atoms with Crippen LogP contribution in [0.2, 0.25) is 0 Å². The first kappa shape index (κ1) is 14.9. The minimum atomic E-state index is 0.00676. The van der Waals surface area contributed by atoms with E-state index in [-0.39, 0.29) is 18.0 Å². The fourth-order valence-corrected chi connectivity index (χ4v) is 3.32. The van der Waals surface area contributed by atoms with Crippen molar-refractivity contribution in [2.24, 2.45) is 0 Å². The number of hydrogen-bond acceptors (Lipinski definition) is 3. The zero-order valence-corrected chi connectivity index (χ0v) is 13.9. The molecule has 0 radical (unpaired) electrons. The number of aromatic amines is 1. The van der Waals surface area contributed by atoms with Gasteiger partial charge < -0.3 is 9.88 Å². The summed E-state index contributed by atoms with van der Waals surface area (Å²) in [6.07, 6.45) is 5.42. The van der Waals surface area contributed by atoms with Gasteiger partial charge in [0, 0.05) is 18.8 Å². The molecule has 0 saturated carbocycles. The average molecular weight is 323 g/mol. The third-order valence-corrected chi connectivity index (χ3v) is 4.61. The third-order valence-electron chi connectivity index (χ3n) is 4.61. The van der Waals surface area contributed by atoms with Gasteiger partial charge in [0.25, 0.3) is 5.91 Å². The molecule has 1 amide bonds. The second-order valence-electron chi connectivity index (χ2n) is 6.60. The molecule has 24 heavy (non-hydrogen) atoms. The topological polar surface area (TPSA) is 66.8 Å². The van der Waals surface area contributed by atoms with Crippen LogP contribution in [0.1, 0.15) is 55.0 Å². The molecule has 1 saturated heterocycles. The quantitative estimate of drug-likeness (QED) is 0.804. The van der Waals surface area contributed by atoms with Gasteiger partial charge in [-0.2, -0.15) is 5.10 Å². The number of aromatic nitrogens is 4. The van der Waals surface area contributed by atoms with E-state index >= 15 is 0 Å². The Morgan fingerprint density at radius 2 is 2.17 bits per heavy atom. The Hall–Kier alpha value is -2.63. The molecule has 6 heteroatoms. The van der Waals surface area contributed by atoms with Gasteiger partial charge in [0.15, 0.2) is 0 Å². The minimum absolute atomic E-state index is 0.00676. The summed E-state index contributed by atoms with van der Waals surface area (Å²) in [6.45, 7) is 4.86. The van der Waals surface area contributed by atoms with Crippen LogP contribution in [0.25, 0.3) is 11.0 Å². The highest BCUT2D eigenvalue weighted by Gasteiger charge is 2.33. The first-order valence-electron chi connectivity index (χ1n) is 8.43. The molecule has 1 aliphatic heterocycles. The number of imidazole rings is 1. The number of amides is 1. The van der Waals surface area contributed by atoms with Crippen molar-refractivity contribution in [3.8, 4) is 0 Å². The van der Waals surface area contributed by atoms with Crippen molar-refractivity contribution in [1.29, 1.82) is 0 Å². The molecular formula is C18H21N5O. The summed E-state index contributed by atoms with van der Waals surface area (Å²) in [4.78, 5) is 22.9. The zero-order chi connectivity index (χ0) is 16.7. The molecule has 4 rings (SSSR count). The van der Waals surface area contributed by atoms with Gasteiger partial charge in [0.2, 0.25) is 0 Å². The Morgan fingerprint density at radius 3 is 2.92 bits per heavy atom. The molecule has 0 spiro atoms. The number of fused-ring (bicyclic) bond motifs is 1. The molecule has 1 atom stereocenters. The summed E-state index contributed by atoms with van der Waals surface area (Å²) in [6, 6.07) is 8.22. The summed E-state index contributed by atoms with van der Waals surface area (Å²) >= 11 is 0. The van der Waals surface area contributed by atoms with Crippen molar-refractivity contribution in [2.45, 2.75) is 38.8 Å². The van der Waals surface area contributed by atoms with Crippen molar-refractivity contribution >= 4 is 16.9 Å². The van der Waals surface area contributed by atoms with Crippen LogP contribution < -0.4 is 0 Å². The number of H-pyrrole nitrogens is 1. The summed E-state index contributed by atoms with van der Waals surface area (Å²) in [5.41, 5.74) is 2.60. The summed E-state index contributed by atoms with van der Waals surface area (Å²) in [7, 11) is 0. The summed E-state index contributed by atoms with van der Waals surface area (Å²) in [5, 5.41) is 4.29. The number of carbonyl (C=O) groups is 1. The Balaban J connectivity index is 1.62. The van der Waals surface area contributed by atoms with Crippen LogP contribution in [0, 0.1) is 0 Å². The van der Waals surface area contributed by atoms with Crippen LogP contribution in [0.5, 0.6) is 0 Å². The lowest BCUT2D eigenvalue weighted by Gasteiger charge is -2.22. The van der Waals surface area contributed by atoms with E-state index in [2.05, 4.69) is 15.1 Å². The fraction of sp³-hybridized carbons (Fsp3) is 0.389. The first-order valence-corrected chi connectivity index (χ1v) is 8.43. The van der Waals surface area contributed by atoms with Gasteiger partial charge in [-0.25, -0.2) is 4.98 Å². The number of nitrogens with one attached hydrogen (secondary N) is 1. The smallest absolute Gasteiger partial charge is 0.257 e. The number of nitrogens with zero attached hydrogens (tertiary/aromatic N) is 4. The van der Waals surface area contributed by atoms with E-state index in [4.69, 9.17) is 0 Å². The SMILES string of the molecule is CC(C)n1cc(C(=O)N2CCCC2c2nc3ccccc3[nH]2)cn1. The van der Waals surface area contributed by atoms with Crippen LogP contribution in [0.3, 0.4) is 0 Å². The molecule has 1 fully saturated rings. The standard InChI is InChI=1S/C18H21N5O/c1-12(2)23-11-13(10-19-23)18(24)22-9-5-8-16(22)17-20-14-6-3-4-7-15(14)21-17/h3-4,6-7,10-12,16H,5,8-9H2,1-2H3,(H,20,21). The normalized spacial score (nSPS) is 18.0. The number of rotatable bonds is 3. The summed E-state index contributed by atoms with van der Waals surface area (Å²) < 4.78 is 1.82. The second-order valence-corrected chi connectivity index (χ2v) is 6.60. The Kier molecular flexibility index (Phi) is 3.59. The highest BCUT2D eigenvalue weighted by molar-refractivity contribution is 5.94. The molecule has 1 aromatic carbocycles. The van der Waals surface area contributed by atoms with E-state index in [0.717, 1.165) is 36.2 Å². The molecule has 0 bridgehead atoms. The van der Waals surface area contributed by atoms with Crippen LogP contribution in [0.4, 0.5) is 0 Å². The maximum Gasteiger partial charge on any atom is 0.257 e. The number of hydrogen-bond donors (Lipinski definition) is 1. The molecule has 0 aliphatic carbocycles. The molecule has 3 aromatic rings. The highest BCUT2D eigenvalue weighted by Crippen LogP contribution is 2.32. The van der Waals surface area contributed by atoms with Gasteiger partial charge in [-0.05, 0) is 38.8 Å². The largest absolute Gasteiger partial charge is 0.340 e. The molecule has 3 heterocycles. The maximum atomic E-state index is 12.9. The van der Waals surface area contributed by atoms with E-state index < -0.39 is 0 Å². The molecule has 124 valence electrons. The predicted molar refractivity (Wildman–Crippen MR) is 91.7 cm³/mol. The maximum absolute atomic E-state index is 12.9. The fourth-order valence-electron chi connectivity index (χ4n) is 3.32. The molecule has 6 nitrogen and oxygen atoms in total. The lowest BCUT2D eigenvalue weighted by atomic mass is 10.2. The number of carbonyl (C=O) groups excluding carboxylic acids is 1. The van der Waals surface area contributed by atoms with Crippen LogP contribution in [-0.2, 0) is 0 Å². The van der Waals surface area contributed by atoms with Gasteiger partial charge in [-0.3, -0.25) is 9.48 Å². The minimum Gasteiger partial charge on any atom is -0.340 e. The van der Waals surface area contributed by atoms with E-state index in [0.29, 0.717) is 5.56 Å². The zero-order valence-electron chi connectivity index (χ0n) is 13.9. The van der Waals surface area contributed by atoms with Gasteiger partial charge in [0.05, 0.1) is 28.8 Å². The molecule has 1 N–H and O–H groups in total. The van der Waals surface area contributed by atoms with Crippen LogP contribution >= 0.6 is 0 Å². The van der Waals surface area contributed by atoms with E-state index in [1.807, 2.05) is 53.9 Å². The van der Waals surface area contributed by atoms with Crippen LogP contribution in [0.15, 0.2) is 36.7 Å². The van der Waals surface area contributed by atoms with Crippen molar-refractivity contribution in [3.63, 3.8) is 0 Å². The number of benzene rings is 1. The van der Waals surface area contributed by atoms with Gasteiger partial charge >= 0.3 is 0 Å². The van der Waals surface area contributed by atoms with Gasteiger partial charge in [-0.1, -0.05) is 12.1 Å².